The van der Waals surface area contributed by atoms with Crippen molar-refractivity contribution in [2.75, 3.05) is 0 Å². The fourth-order valence-corrected chi connectivity index (χ4v) is 1.27. The molecule has 2 rings (SSSR count). The number of aliphatic hydroxyl groups is 1. The minimum atomic E-state index is -0.0611. The summed E-state index contributed by atoms with van der Waals surface area (Å²) < 4.78 is 1.64. The monoisotopic (exact) mass is 178 g/mol. The zero-order chi connectivity index (χ0) is 9.42. The maximum absolute atomic E-state index is 8.93. The second-order valence-electron chi connectivity index (χ2n) is 2.96. The van der Waals surface area contributed by atoms with Gasteiger partial charge < -0.3 is 5.11 Å². The lowest BCUT2D eigenvalue weighted by atomic mass is 10.3. The van der Waals surface area contributed by atoms with Crippen molar-refractivity contribution in [3.05, 3.63) is 23.1 Å². The number of hydrogen-bond acceptors (Lipinski definition) is 4. The van der Waals surface area contributed by atoms with E-state index in [9.17, 15) is 0 Å². The van der Waals surface area contributed by atoms with E-state index in [-0.39, 0.29) is 6.61 Å². The smallest absolute Gasteiger partial charge is 0.180 e. The summed E-state index contributed by atoms with van der Waals surface area (Å²) in [5, 5.41) is 21.0. The first-order valence-electron chi connectivity index (χ1n) is 4.02. The first-order chi connectivity index (χ1) is 6.22. The molecule has 0 radical (unpaired) electrons. The number of aryl methyl sites for hydroxylation is 2. The standard InChI is InChI=1S/C8H10N4O/c1-5-3-7(4-13)11-12-6(2)9-10-8(5)12/h3,13H,4H2,1-2H3. The van der Waals surface area contributed by atoms with Crippen molar-refractivity contribution in [1.82, 2.24) is 19.8 Å². The Labute approximate surface area is 75.0 Å². The number of rotatable bonds is 1. The van der Waals surface area contributed by atoms with E-state index >= 15 is 0 Å². The van der Waals surface area contributed by atoms with Gasteiger partial charge in [-0.3, -0.25) is 0 Å². The number of aliphatic hydroxyl groups excluding tert-OH is 1. The van der Waals surface area contributed by atoms with Gasteiger partial charge in [-0.05, 0) is 25.5 Å². The largest absolute Gasteiger partial charge is 0.390 e. The normalized spacial score (nSPS) is 11.0. The quantitative estimate of drug-likeness (QED) is 0.679. The Morgan fingerprint density at radius 1 is 1.38 bits per heavy atom. The average molecular weight is 178 g/mol. The van der Waals surface area contributed by atoms with Gasteiger partial charge in [0.25, 0.3) is 0 Å². The molecule has 0 fully saturated rings. The molecule has 2 aromatic heterocycles. The van der Waals surface area contributed by atoms with Crippen LogP contribution in [0.1, 0.15) is 17.1 Å². The summed E-state index contributed by atoms with van der Waals surface area (Å²) in [7, 11) is 0. The summed E-state index contributed by atoms with van der Waals surface area (Å²) >= 11 is 0. The van der Waals surface area contributed by atoms with Gasteiger partial charge in [-0.2, -0.15) is 9.61 Å². The van der Waals surface area contributed by atoms with Crippen LogP contribution in [0.2, 0.25) is 0 Å². The Kier molecular flexibility index (Phi) is 1.73. The zero-order valence-corrected chi connectivity index (χ0v) is 7.52. The molecule has 0 aliphatic rings. The highest BCUT2D eigenvalue weighted by Gasteiger charge is 2.06. The van der Waals surface area contributed by atoms with Crippen molar-refractivity contribution in [2.45, 2.75) is 20.5 Å². The molecule has 1 N–H and O–H groups in total. The lowest BCUT2D eigenvalue weighted by Gasteiger charge is -2.00. The minimum Gasteiger partial charge on any atom is -0.390 e. The van der Waals surface area contributed by atoms with Crippen molar-refractivity contribution in [1.29, 1.82) is 0 Å². The second kappa shape index (κ2) is 2.77. The van der Waals surface area contributed by atoms with E-state index in [0.717, 1.165) is 17.0 Å². The second-order valence-corrected chi connectivity index (χ2v) is 2.96. The molecule has 0 saturated heterocycles. The molecule has 2 heterocycles. The molecule has 68 valence electrons. The van der Waals surface area contributed by atoms with Crippen LogP contribution in [0.25, 0.3) is 5.65 Å². The lowest BCUT2D eigenvalue weighted by Crippen LogP contribution is -2.01. The van der Waals surface area contributed by atoms with E-state index in [4.69, 9.17) is 5.11 Å². The first kappa shape index (κ1) is 8.12. The molecule has 0 bridgehead atoms. The van der Waals surface area contributed by atoms with E-state index in [1.165, 1.54) is 0 Å². The van der Waals surface area contributed by atoms with Gasteiger partial charge in [0.2, 0.25) is 0 Å². The van der Waals surface area contributed by atoms with Crippen molar-refractivity contribution < 1.29 is 5.11 Å². The maximum atomic E-state index is 8.93. The molecule has 5 nitrogen and oxygen atoms in total. The summed E-state index contributed by atoms with van der Waals surface area (Å²) in [5.41, 5.74) is 2.35. The number of hydrogen-bond donors (Lipinski definition) is 1. The third-order valence-electron chi connectivity index (χ3n) is 1.92. The third kappa shape index (κ3) is 1.17. The molecule has 0 aromatic carbocycles. The van der Waals surface area contributed by atoms with E-state index in [1.807, 2.05) is 19.9 Å². The number of nitrogens with zero attached hydrogens (tertiary/aromatic N) is 4. The zero-order valence-electron chi connectivity index (χ0n) is 7.52. The summed E-state index contributed by atoms with van der Waals surface area (Å²) in [6.45, 7) is 3.69. The summed E-state index contributed by atoms with van der Waals surface area (Å²) in [5.74, 6) is 0.730. The van der Waals surface area contributed by atoms with Crippen LogP contribution in [0.4, 0.5) is 0 Å². The topological polar surface area (TPSA) is 63.3 Å². The summed E-state index contributed by atoms with van der Waals surface area (Å²) in [6.07, 6.45) is 0. The highest BCUT2D eigenvalue weighted by atomic mass is 16.3. The van der Waals surface area contributed by atoms with Gasteiger partial charge in [-0.25, -0.2) is 0 Å². The third-order valence-corrected chi connectivity index (χ3v) is 1.92. The molecule has 0 aliphatic heterocycles. The Hall–Kier alpha value is -1.49. The summed E-state index contributed by atoms with van der Waals surface area (Å²) in [6, 6.07) is 1.81. The molecule has 5 heteroatoms. The Balaban J connectivity index is 2.80. The molecule has 0 amide bonds. The minimum absolute atomic E-state index is 0.0611. The fourth-order valence-electron chi connectivity index (χ4n) is 1.27. The fraction of sp³-hybridized carbons (Fsp3) is 0.375. The number of aromatic nitrogens is 4. The van der Waals surface area contributed by atoms with Crippen LogP contribution < -0.4 is 0 Å². The van der Waals surface area contributed by atoms with Gasteiger partial charge >= 0.3 is 0 Å². The lowest BCUT2D eigenvalue weighted by molar-refractivity contribution is 0.274. The van der Waals surface area contributed by atoms with Gasteiger partial charge in [0.1, 0.15) is 0 Å². The molecule has 0 atom stereocenters. The first-order valence-corrected chi connectivity index (χ1v) is 4.02. The SMILES string of the molecule is Cc1cc(CO)nn2c(C)nnc12. The van der Waals surface area contributed by atoms with Crippen molar-refractivity contribution >= 4 is 5.65 Å². The van der Waals surface area contributed by atoms with Crippen LogP contribution in [0.5, 0.6) is 0 Å². The van der Waals surface area contributed by atoms with Gasteiger partial charge in [-0.1, -0.05) is 0 Å². The van der Waals surface area contributed by atoms with E-state index < -0.39 is 0 Å². The molecule has 0 spiro atoms. The van der Waals surface area contributed by atoms with E-state index in [0.29, 0.717) is 5.69 Å². The molecule has 0 aliphatic carbocycles. The van der Waals surface area contributed by atoms with Crippen molar-refractivity contribution in [3.8, 4) is 0 Å². The van der Waals surface area contributed by atoms with Crippen LogP contribution in [0.3, 0.4) is 0 Å². The summed E-state index contributed by atoms with van der Waals surface area (Å²) in [4.78, 5) is 0. The molecule has 0 saturated carbocycles. The molecule has 13 heavy (non-hydrogen) atoms. The Morgan fingerprint density at radius 3 is 2.85 bits per heavy atom. The highest BCUT2D eigenvalue weighted by molar-refractivity contribution is 5.45. The predicted molar refractivity (Wildman–Crippen MR) is 46.2 cm³/mol. The predicted octanol–water partition coefficient (Wildman–Crippen LogP) is 0.233. The van der Waals surface area contributed by atoms with Crippen LogP contribution in [-0.2, 0) is 6.61 Å². The average Bonchev–Trinajstić information content (AvgIpc) is 2.48. The Morgan fingerprint density at radius 2 is 2.15 bits per heavy atom. The Bertz CT molecular complexity index is 449. The van der Waals surface area contributed by atoms with Gasteiger partial charge in [0, 0.05) is 0 Å². The van der Waals surface area contributed by atoms with Crippen LogP contribution >= 0.6 is 0 Å². The van der Waals surface area contributed by atoms with Gasteiger partial charge in [0.15, 0.2) is 11.5 Å². The molecular weight excluding hydrogens is 168 g/mol. The van der Waals surface area contributed by atoms with Crippen molar-refractivity contribution in [2.24, 2.45) is 0 Å². The van der Waals surface area contributed by atoms with Crippen LogP contribution in [0.15, 0.2) is 6.07 Å². The van der Waals surface area contributed by atoms with Crippen LogP contribution in [-0.4, -0.2) is 24.9 Å². The van der Waals surface area contributed by atoms with E-state index in [2.05, 4.69) is 15.3 Å². The molecule has 0 unspecified atom stereocenters. The highest BCUT2D eigenvalue weighted by Crippen LogP contribution is 2.08. The molecular formula is C8H10N4O. The molecule has 2 aromatic rings. The van der Waals surface area contributed by atoms with Gasteiger partial charge in [0.05, 0.1) is 12.3 Å². The van der Waals surface area contributed by atoms with Gasteiger partial charge in [-0.15, -0.1) is 10.2 Å². The van der Waals surface area contributed by atoms with Crippen molar-refractivity contribution in [3.63, 3.8) is 0 Å². The van der Waals surface area contributed by atoms with Crippen LogP contribution in [0, 0.1) is 13.8 Å². The van der Waals surface area contributed by atoms with E-state index in [1.54, 1.807) is 4.52 Å². The number of fused-ring (bicyclic) bond motifs is 1. The maximum Gasteiger partial charge on any atom is 0.180 e.